The van der Waals surface area contributed by atoms with Crippen molar-refractivity contribution in [3.63, 3.8) is 0 Å². The van der Waals surface area contributed by atoms with E-state index in [1.807, 2.05) is 4.90 Å². The van der Waals surface area contributed by atoms with Gasteiger partial charge in [-0.1, -0.05) is 6.92 Å². The summed E-state index contributed by atoms with van der Waals surface area (Å²) in [4.78, 5) is 14.1. The molecule has 2 N–H and O–H groups in total. The lowest BCUT2D eigenvalue weighted by atomic mass is 9.80. The van der Waals surface area contributed by atoms with Crippen LogP contribution in [0.25, 0.3) is 0 Å². The standard InChI is InChI=1S/C16H29NO3/c1-11(19)3-6-16(20)17(7-8-18)10-15-12(2)13-4-5-14(15)9-13/h11-15,18-19H,3-10H2,1-2H3. The van der Waals surface area contributed by atoms with E-state index in [2.05, 4.69) is 6.92 Å². The predicted molar refractivity (Wildman–Crippen MR) is 78.1 cm³/mol. The lowest BCUT2D eigenvalue weighted by Gasteiger charge is -2.33. The zero-order valence-electron chi connectivity index (χ0n) is 12.8. The first kappa shape index (κ1) is 15.8. The number of amides is 1. The second-order valence-electron chi connectivity index (χ2n) is 6.81. The molecule has 1 amide bonds. The van der Waals surface area contributed by atoms with Crippen LogP contribution in [0.3, 0.4) is 0 Å². The average Bonchev–Trinajstić information content (AvgIpc) is 2.98. The Hall–Kier alpha value is -0.610. The van der Waals surface area contributed by atoms with Crippen LogP contribution in [0.5, 0.6) is 0 Å². The molecule has 5 unspecified atom stereocenters. The second kappa shape index (κ2) is 6.90. The number of aliphatic hydroxyl groups excluding tert-OH is 2. The first-order chi connectivity index (χ1) is 9.52. The lowest BCUT2D eigenvalue weighted by molar-refractivity contribution is -0.133. The minimum atomic E-state index is -0.434. The minimum absolute atomic E-state index is 0.0234. The number of nitrogens with zero attached hydrogens (tertiary/aromatic N) is 1. The molecule has 0 saturated heterocycles. The summed E-state index contributed by atoms with van der Waals surface area (Å²) in [6, 6.07) is 0. The molecule has 4 heteroatoms. The van der Waals surface area contributed by atoms with Crippen molar-refractivity contribution in [3.05, 3.63) is 0 Å². The van der Waals surface area contributed by atoms with Crippen LogP contribution < -0.4 is 0 Å². The second-order valence-corrected chi connectivity index (χ2v) is 6.81. The number of rotatable bonds is 7. The fourth-order valence-electron chi connectivity index (χ4n) is 4.20. The summed E-state index contributed by atoms with van der Waals surface area (Å²) < 4.78 is 0. The summed E-state index contributed by atoms with van der Waals surface area (Å²) in [7, 11) is 0. The Bertz CT molecular complexity index is 330. The molecule has 2 aliphatic carbocycles. The predicted octanol–water partition coefficient (Wildman–Crippen LogP) is 1.65. The van der Waals surface area contributed by atoms with E-state index in [4.69, 9.17) is 0 Å². The topological polar surface area (TPSA) is 60.8 Å². The molecular weight excluding hydrogens is 254 g/mol. The molecule has 0 heterocycles. The molecule has 0 radical (unpaired) electrons. The highest BCUT2D eigenvalue weighted by Gasteiger charge is 2.45. The van der Waals surface area contributed by atoms with Crippen molar-refractivity contribution in [1.29, 1.82) is 0 Å². The molecule has 20 heavy (non-hydrogen) atoms. The Balaban J connectivity index is 1.90. The van der Waals surface area contributed by atoms with Crippen molar-refractivity contribution in [3.8, 4) is 0 Å². The Morgan fingerprint density at radius 3 is 2.60 bits per heavy atom. The maximum absolute atomic E-state index is 12.2. The fourth-order valence-corrected chi connectivity index (χ4v) is 4.20. The van der Waals surface area contributed by atoms with Gasteiger partial charge in [-0.3, -0.25) is 4.79 Å². The van der Waals surface area contributed by atoms with Crippen molar-refractivity contribution in [2.75, 3.05) is 19.7 Å². The number of fused-ring (bicyclic) bond motifs is 2. The summed E-state index contributed by atoms with van der Waals surface area (Å²) in [5, 5.41) is 18.5. The molecule has 2 aliphatic rings. The molecule has 4 nitrogen and oxygen atoms in total. The molecule has 0 aromatic carbocycles. The third kappa shape index (κ3) is 3.53. The van der Waals surface area contributed by atoms with Crippen molar-refractivity contribution >= 4 is 5.91 Å². The van der Waals surface area contributed by atoms with Gasteiger partial charge in [-0.2, -0.15) is 0 Å². The van der Waals surface area contributed by atoms with Crippen molar-refractivity contribution in [2.45, 2.75) is 52.1 Å². The zero-order chi connectivity index (χ0) is 14.7. The van der Waals surface area contributed by atoms with E-state index in [-0.39, 0.29) is 12.5 Å². The summed E-state index contributed by atoms with van der Waals surface area (Å²) >= 11 is 0. The number of hydrogen-bond acceptors (Lipinski definition) is 3. The largest absolute Gasteiger partial charge is 0.395 e. The van der Waals surface area contributed by atoms with E-state index in [0.29, 0.717) is 31.2 Å². The van der Waals surface area contributed by atoms with E-state index in [1.54, 1.807) is 6.92 Å². The number of carbonyl (C=O) groups excluding carboxylic acids is 1. The Morgan fingerprint density at radius 1 is 1.35 bits per heavy atom. The van der Waals surface area contributed by atoms with Gasteiger partial charge >= 0.3 is 0 Å². The van der Waals surface area contributed by atoms with Crippen LogP contribution in [0, 0.1) is 23.7 Å². The van der Waals surface area contributed by atoms with Gasteiger partial charge in [-0.05, 0) is 56.3 Å². The van der Waals surface area contributed by atoms with Gasteiger partial charge in [-0.15, -0.1) is 0 Å². The monoisotopic (exact) mass is 283 g/mol. The smallest absolute Gasteiger partial charge is 0.222 e. The van der Waals surface area contributed by atoms with Crippen LogP contribution in [0.4, 0.5) is 0 Å². The summed E-state index contributed by atoms with van der Waals surface area (Å²) in [6.45, 7) is 5.28. The lowest BCUT2D eigenvalue weighted by Crippen LogP contribution is -2.40. The molecular formula is C16H29NO3. The number of aliphatic hydroxyl groups is 2. The van der Waals surface area contributed by atoms with Crippen molar-refractivity contribution < 1.29 is 15.0 Å². The molecule has 2 saturated carbocycles. The molecule has 0 aromatic heterocycles. The van der Waals surface area contributed by atoms with E-state index in [0.717, 1.165) is 18.4 Å². The van der Waals surface area contributed by atoms with Crippen molar-refractivity contribution in [2.24, 2.45) is 23.7 Å². The van der Waals surface area contributed by atoms with Crippen LogP contribution >= 0.6 is 0 Å². The molecule has 2 rings (SSSR count). The first-order valence-electron chi connectivity index (χ1n) is 8.09. The highest BCUT2D eigenvalue weighted by molar-refractivity contribution is 5.76. The van der Waals surface area contributed by atoms with Crippen LogP contribution in [-0.2, 0) is 4.79 Å². The SMILES string of the molecule is CC(O)CCC(=O)N(CCO)CC1C2CCC(C2)C1C. The van der Waals surface area contributed by atoms with E-state index in [9.17, 15) is 15.0 Å². The minimum Gasteiger partial charge on any atom is -0.395 e. The quantitative estimate of drug-likeness (QED) is 0.747. The van der Waals surface area contributed by atoms with Gasteiger partial charge in [0.05, 0.1) is 12.7 Å². The summed E-state index contributed by atoms with van der Waals surface area (Å²) in [5.74, 6) is 3.03. The number of carbonyl (C=O) groups is 1. The Morgan fingerprint density at radius 2 is 2.05 bits per heavy atom. The normalized spacial score (nSPS) is 33.4. The van der Waals surface area contributed by atoms with Gasteiger partial charge in [-0.25, -0.2) is 0 Å². The van der Waals surface area contributed by atoms with Crippen LogP contribution in [-0.4, -0.2) is 46.8 Å². The van der Waals surface area contributed by atoms with Crippen molar-refractivity contribution in [1.82, 2.24) is 4.90 Å². The molecule has 116 valence electrons. The van der Waals surface area contributed by atoms with Gasteiger partial charge in [0.15, 0.2) is 0 Å². The van der Waals surface area contributed by atoms with E-state index >= 15 is 0 Å². The highest BCUT2D eigenvalue weighted by atomic mass is 16.3. The van der Waals surface area contributed by atoms with E-state index < -0.39 is 6.10 Å². The maximum atomic E-state index is 12.2. The van der Waals surface area contributed by atoms with Crippen LogP contribution in [0.1, 0.15) is 46.0 Å². The van der Waals surface area contributed by atoms with Gasteiger partial charge in [0.1, 0.15) is 0 Å². The van der Waals surface area contributed by atoms with Crippen LogP contribution in [0.15, 0.2) is 0 Å². The zero-order valence-corrected chi connectivity index (χ0v) is 12.8. The van der Waals surface area contributed by atoms with E-state index in [1.165, 1.54) is 19.3 Å². The van der Waals surface area contributed by atoms with Gasteiger partial charge in [0.2, 0.25) is 5.91 Å². The number of hydrogen-bond donors (Lipinski definition) is 2. The molecule has 5 atom stereocenters. The molecule has 2 fully saturated rings. The highest BCUT2D eigenvalue weighted by Crippen LogP contribution is 2.52. The summed E-state index contributed by atoms with van der Waals surface area (Å²) in [5.41, 5.74) is 0. The van der Waals surface area contributed by atoms with Gasteiger partial charge in [0.25, 0.3) is 0 Å². The first-order valence-corrected chi connectivity index (χ1v) is 8.09. The van der Waals surface area contributed by atoms with Crippen LogP contribution in [0.2, 0.25) is 0 Å². The molecule has 0 aliphatic heterocycles. The molecule has 0 aromatic rings. The average molecular weight is 283 g/mol. The Kier molecular flexibility index (Phi) is 5.44. The molecule has 0 spiro atoms. The maximum Gasteiger partial charge on any atom is 0.222 e. The molecule has 2 bridgehead atoms. The van der Waals surface area contributed by atoms with Gasteiger partial charge in [0, 0.05) is 19.5 Å². The van der Waals surface area contributed by atoms with Gasteiger partial charge < -0.3 is 15.1 Å². The summed E-state index contributed by atoms with van der Waals surface area (Å²) in [6.07, 6.45) is 4.46. The fraction of sp³-hybridized carbons (Fsp3) is 0.938. The Labute approximate surface area is 122 Å². The third-order valence-electron chi connectivity index (χ3n) is 5.47. The third-order valence-corrected chi connectivity index (χ3v) is 5.47.